The second kappa shape index (κ2) is 6.50. The van der Waals surface area contributed by atoms with Crippen molar-refractivity contribution in [1.29, 1.82) is 0 Å². The molecule has 2 aromatic rings. The zero-order valence-corrected chi connectivity index (χ0v) is 11.8. The number of thioether (sulfide) groups is 1. The van der Waals surface area contributed by atoms with Gasteiger partial charge in [-0.1, -0.05) is 48.9 Å². The van der Waals surface area contributed by atoms with Gasteiger partial charge in [0.2, 0.25) is 0 Å². The van der Waals surface area contributed by atoms with Crippen molar-refractivity contribution < 1.29 is 0 Å². The van der Waals surface area contributed by atoms with Crippen LogP contribution in [0.4, 0.5) is 5.69 Å². The summed E-state index contributed by atoms with van der Waals surface area (Å²) in [4.78, 5) is 1.33. The summed E-state index contributed by atoms with van der Waals surface area (Å²) in [6.07, 6.45) is 0. The molecule has 1 nitrogen and oxygen atoms in total. The Kier molecular flexibility index (Phi) is 4.71. The van der Waals surface area contributed by atoms with Crippen LogP contribution in [-0.4, -0.2) is 5.75 Å². The fourth-order valence-corrected chi connectivity index (χ4v) is 2.69. The van der Waals surface area contributed by atoms with Gasteiger partial charge in [-0.15, -0.1) is 11.8 Å². The zero-order valence-electron chi connectivity index (χ0n) is 10.9. The summed E-state index contributed by atoms with van der Waals surface area (Å²) in [5.41, 5.74) is 3.86. The number of hydrogen-bond acceptors (Lipinski definition) is 2. The van der Waals surface area contributed by atoms with Gasteiger partial charge in [-0.25, -0.2) is 0 Å². The van der Waals surface area contributed by atoms with E-state index in [9.17, 15) is 0 Å². The first kappa shape index (κ1) is 13.0. The summed E-state index contributed by atoms with van der Waals surface area (Å²) in [7, 11) is 0. The van der Waals surface area contributed by atoms with E-state index in [1.54, 1.807) is 0 Å². The van der Waals surface area contributed by atoms with Crippen molar-refractivity contribution in [2.75, 3.05) is 11.1 Å². The molecule has 0 atom stereocenters. The number of benzene rings is 2. The molecule has 0 heterocycles. The lowest BCUT2D eigenvalue weighted by atomic mass is 10.1. The predicted molar refractivity (Wildman–Crippen MR) is 81.3 cm³/mol. The van der Waals surface area contributed by atoms with E-state index < -0.39 is 0 Å². The molecule has 1 N–H and O–H groups in total. The Morgan fingerprint density at radius 3 is 2.67 bits per heavy atom. The molecule has 0 fully saturated rings. The zero-order chi connectivity index (χ0) is 12.8. The van der Waals surface area contributed by atoms with Crippen LogP contribution < -0.4 is 5.32 Å². The minimum absolute atomic E-state index is 0.878. The highest BCUT2D eigenvalue weighted by Gasteiger charge is 2.01. The van der Waals surface area contributed by atoms with E-state index in [2.05, 4.69) is 67.7 Å². The van der Waals surface area contributed by atoms with Crippen LogP contribution in [-0.2, 0) is 6.54 Å². The first-order chi connectivity index (χ1) is 8.79. The SMILES string of the molecule is CCSc1ccccc1NCc1cccc(C)c1. The molecule has 0 amide bonds. The van der Waals surface area contributed by atoms with Crippen LogP contribution in [0.25, 0.3) is 0 Å². The van der Waals surface area contributed by atoms with Crippen LogP contribution in [0.2, 0.25) is 0 Å². The van der Waals surface area contributed by atoms with Crippen molar-refractivity contribution in [2.45, 2.75) is 25.3 Å². The molecule has 0 unspecified atom stereocenters. The van der Waals surface area contributed by atoms with E-state index >= 15 is 0 Å². The minimum atomic E-state index is 0.878. The molecule has 18 heavy (non-hydrogen) atoms. The molecule has 0 aromatic heterocycles. The monoisotopic (exact) mass is 257 g/mol. The second-order valence-corrected chi connectivity index (χ2v) is 5.58. The summed E-state index contributed by atoms with van der Waals surface area (Å²) in [6, 6.07) is 17.1. The van der Waals surface area contributed by atoms with Gasteiger partial charge in [0.1, 0.15) is 0 Å². The Labute approximate surface area is 114 Å². The van der Waals surface area contributed by atoms with E-state index in [0.717, 1.165) is 12.3 Å². The highest BCUT2D eigenvalue weighted by molar-refractivity contribution is 7.99. The maximum absolute atomic E-state index is 3.52. The first-order valence-corrected chi connectivity index (χ1v) is 7.29. The molecule has 0 aliphatic carbocycles. The minimum Gasteiger partial charge on any atom is -0.380 e. The van der Waals surface area contributed by atoms with Crippen molar-refractivity contribution in [3.8, 4) is 0 Å². The van der Waals surface area contributed by atoms with Crippen LogP contribution >= 0.6 is 11.8 Å². The highest BCUT2D eigenvalue weighted by Crippen LogP contribution is 2.26. The fourth-order valence-electron chi connectivity index (χ4n) is 1.91. The second-order valence-electron chi connectivity index (χ2n) is 4.27. The summed E-state index contributed by atoms with van der Waals surface area (Å²) >= 11 is 1.88. The molecule has 0 aliphatic heterocycles. The molecule has 0 aliphatic rings. The Balaban J connectivity index is 2.06. The van der Waals surface area contributed by atoms with Gasteiger partial charge in [-0.2, -0.15) is 0 Å². The third kappa shape index (κ3) is 3.54. The summed E-state index contributed by atoms with van der Waals surface area (Å²) < 4.78 is 0. The fraction of sp³-hybridized carbons (Fsp3) is 0.250. The average Bonchev–Trinajstić information content (AvgIpc) is 2.38. The van der Waals surface area contributed by atoms with E-state index in [1.165, 1.54) is 21.7 Å². The van der Waals surface area contributed by atoms with Gasteiger partial charge < -0.3 is 5.32 Å². The third-order valence-electron chi connectivity index (χ3n) is 2.75. The molecular formula is C16H19NS. The molecular weight excluding hydrogens is 238 g/mol. The number of para-hydroxylation sites is 1. The third-order valence-corrected chi connectivity index (χ3v) is 3.71. The molecule has 0 radical (unpaired) electrons. The largest absolute Gasteiger partial charge is 0.380 e. The molecule has 0 spiro atoms. The lowest BCUT2D eigenvalue weighted by Crippen LogP contribution is -2.00. The molecule has 0 saturated heterocycles. The lowest BCUT2D eigenvalue weighted by Gasteiger charge is -2.11. The van der Waals surface area contributed by atoms with E-state index in [0.29, 0.717) is 0 Å². The van der Waals surface area contributed by atoms with Crippen molar-refractivity contribution >= 4 is 17.4 Å². The Morgan fingerprint density at radius 2 is 1.89 bits per heavy atom. The van der Waals surface area contributed by atoms with E-state index in [1.807, 2.05) is 11.8 Å². The van der Waals surface area contributed by atoms with Gasteiger partial charge >= 0.3 is 0 Å². The number of rotatable bonds is 5. The van der Waals surface area contributed by atoms with Gasteiger partial charge in [0.15, 0.2) is 0 Å². The predicted octanol–water partition coefficient (Wildman–Crippen LogP) is 4.72. The van der Waals surface area contributed by atoms with Crippen molar-refractivity contribution in [2.24, 2.45) is 0 Å². The smallest absolute Gasteiger partial charge is 0.0481 e. The number of hydrogen-bond donors (Lipinski definition) is 1. The maximum Gasteiger partial charge on any atom is 0.0481 e. The number of anilines is 1. The molecule has 0 saturated carbocycles. The van der Waals surface area contributed by atoms with Crippen molar-refractivity contribution in [3.63, 3.8) is 0 Å². The average molecular weight is 257 g/mol. The Hall–Kier alpha value is -1.41. The number of nitrogens with one attached hydrogen (secondary N) is 1. The van der Waals surface area contributed by atoms with Crippen LogP contribution in [0.1, 0.15) is 18.1 Å². The normalized spacial score (nSPS) is 10.3. The van der Waals surface area contributed by atoms with Crippen molar-refractivity contribution in [3.05, 3.63) is 59.7 Å². The maximum atomic E-state index is 3.52. The van der Waals surface area contributed by atoms with Gasteiger partial charge in [-0.3, -0.25) is 0 Å². The van der Waals surface area contributed by atoms with Crippen molar-refractivity contribution in [1.82, 2.24) is 0 Å². The number of aryl methyl sites for hydroxylation is 1. The van der Waals surface area contributed by atoms with Gasteiger partial charge in [0.25, 0.3) is 0 Å². The van der Waals surface area contributed by atoms with Gasteiger partial charge in [0, 0.05) is 17.1 Å². The van der Waals surface area contributed by atoms with Crippen LogP contribution in [0, 0.1) is 6.92 Å². The summed E-state index contributed by atoms with van der Waals surface area (Å²) in [5, 5.41) is 3.52. The van der Waals surface area contributed by atoms with E-state index in [-0.39, 0.29) is 0 Å². The molecule has 2 heteroatoms. The summed E-state index contributed by atoms with van der Waals surface area (Å²) in [5.74, 6) is 1.10. The molecule has 94 valence electrons. The van der Waals surface area contributed by atoms with E-state index in [4.69, 9.17) is 0 Å². The topological polar surface area (TPSA) is 12.0 Å². The van der Waals surface area contributed by atoms with Crippen LogP contribution in [0.3, 0.4) is 0 Å². The Morgan fingerprint density at radius 1 is 1.06 bits per heavy atom. The van der Waals surface area contributed by atoms with Gasteiger partial charge in [0.05, 0.1) is 0 Å². The van der Waals surface area contributed by atoms with Crippen LogP contribution in [0.5, 0.6) is 0 Å². The van der Waals surface area contributed by atoms with Crippen LogP contribution in [0.15, 0.2) is 53.4 Å². The van der Waals surface area contributed by atoms with Gasteiger partial charge in [-0.05, 0) is 30.4 Å². The molecule has 2 aromatic carbocycles. The molecule has 0 bridgehead atoms. The summed E-state index contributed by atoms with van der Waals surface area (Å²) in [6.45, 7) is 5.19. The Bertz CT molecular complexity index is 508. The standard InChI is InChI=1S/C16H19NS/c1-3-18-16-10-5-4-9-15(16)17-12-14-8-6-7-13(2)11-14/h4-11,17H,3,12H2,1-2H3. The quantitative estimate of drug-likeness (QED) is 0.778. The highest BCUT2D eigenvalue weighted by atomic mass is 32.2. The lowest BCUT2D eigenvalue weighted by molar-refractivity contribution is 1.12. The first-order valence-electron chi connectivity index (χ1n) is 6.31. The molecule has 2 rings (SSSR count).